The van der Waals surface area contributed by atoms with Crippen LogP contribution in [0.4, 0.5) is 5.69 Å². The fraction of sp³-hybridized carbons (Fsp3) is 0. The van der Waals surface area contributed by atoms with Gasteiger partial charge in [-0.25, -0.2) is 0 Å². The molecule has 0 atom stereocenters. The van der Waals surface area contributed by atoms with Crippen LogP contribution in [0.3, 0.4) is 0 Å². The third-order valence-electron chi connectivity index (χ3n) is 2.82. The molecule has 0 spiro atoms. The van der Waals surface area contributed by atoms with Crippen molar-refractivity contribution < 1.29 is 4.92 Å². The van der Waals surface area contributed by atoms with Crippen LogP contribution < -0.4 is 0 Å². The van der Waals surface area contributed by atoms with E-state index in [-0.39, 0.29) is 20.2 Å². The molecule has 0 aliphatic carbocycles. The van der Waals surface area contributed by atoms with Crippen molar-refractivity contribution in [2.75, 3.05) is 0 Å². The molecular weight excluding hydrogens is 436 g/mol. The molecule has 8 heteroatoms. The molecule has 0 unspecified atom stereocenters. The molecule has 0 N–H and O–H groups in total. The van der Waals surface area contributed by atoms with Gasteiger partial charge in [0.15, 0.2) is 0 Å². The summed E-state index contributed by atoms with van der Waals surface area (Å²) >= 11 is 6.47. The van der Waals surface area contributed by atoms with Crippen molar-refractivity contribution in [2.24, 2.45) is 0 Å². The van der Waals surface area contributed by atoms with Gasteiger partial charge in [-0.1, -0.05) is 0 Å². The molecule has 4 rings (SSSR count). The molecular formula is C14H8ClN3O2Se2. The summed E-state index contributed by atoms with van der Waals surface area (Å²) in [5, 5.41) is 14.9. The Hall–Kier alpha value is -1.49. The van der Waals surface area contributed by atoms with Gasteiger partial charge in [-0.05, 0) is 0 Å². The van der Waals surface area contributed by atoms with Crippen LogP contribution in [-0.2, 0) is 0 Å². The van der Waals surface area contributed by atoms with Gasteiger partial charge < -0.3 is 0 Å². The van der Waals surface area contributed by atoms with Gasteiger partial charge in [0.1, 0.15) is 0 Å². The van der Waals surface area contributed by atoms with Crippen LogP contribution in [-0.4, -0.2) is 43.9 Å². The summed E-state index contributed by atoms with van der Waals surface area (Å²) in [4.78, 5) is 18.2. The van der Waals surface area contributed by atoms with Crippen LogP contribution >= 0.6 is 11.6 Å². The fourth-order valence-corrected chi connectivity index (χ4v) is 4.72. The number of halogens is 1. The Bertz CT molecular complexity index is 951. The van der Waals surface area contributed by atoms with E-state index in [9.17, 15) is 10.1 Å². The number of rotatable bonds is 1. The number of hydrogen-bond acceptors (Lipinski definition) is 4. The second kappa shape index (κ2) is 6.73. The SMILES string of the molecule is Clc1ccc2[se]cnc2c1.O=[N+]([O-])c1ccc2[se]cnc2c1. The first-order chi connectivity index (χ1) is 10.6. The number of benzene rings is 2. The summed E-state index contributed by atoms with van der Waals surface area (Å²) in [6.45, 7) is 0. The van der Waals surface area contributed by atoms with Gasteiger partial charge >= 0.3 is 142 Å². The zero-order valence-corrected chi connectivity index (χ0v) is 15.2. The molecule has 22 heavy (non-hydrogen) atoms. The number of hydrogen-bond donors (Lipinski definition) is 0. The van der Waals surface area contributed by atoms with Crippen molar-refractivity contribution in [3.8, 4) is 0 Å². The Kier molecular flexibility index (Phi) is 4.71. The number of nitro benzene ring substituents is 1. The summed E-state index contributed by atoms with van der Waals surface area (Å²) < 4.78 is 2.45. The first-order valence-electron chi connectivity index (χ1n) is 6.10. The van der Waals surface area contributed by atoms with Crippen LogP contribution in [0, 0.1) is 10.1 Å². The van der Waals surface area contributed by atoms with Crippen molar-refractivity contribution in [1.82, 2.24) is 9.97 Å². The first kappa shape index (κ1) is 15.4. The maximum atomic E-state index is 10.4. The Morgan fingerprint density at radius 1 is 0.955 bits per heavy atom. The molecule has 5 nitrogen and oxygen atoms in total. The number of fused-ring (bicyclic) bond motifs is 2. The topological polar surface area (TPSA) is 68.9 Å². The molecule has 0 radical (unpaired) electrons. The Morgan fingerprint density at radius 2 is 1.55 bits per heavy atom. The van der Waals surface area contributed by atoms with E-state index in [1.54, 1.807) is 6.07 Å². The van der Waals surface area contributed by atoms with Gasteiger partial charge in [-0.15, -0.1) is 0 Å². The van der Waals surface area contributed by atoms with Crippen LogP contribution in [0.2, 0.25) is 5.02 Å². The van der Waals surface area contributed by atoms with Crippen molar-refractivity contribution in [3.05, 3.63) is 61.7 Å². The van der Waals surface area contributed by atoms with E-state index in [1.807, 2.05) is 28.3 Å². The van der Waals surface area contributed by atoms with Crippen LogP contribution in [0.25, 0.3) is 19.6 Å². The van der Waals surface area contributed by atoms with Crippen molar-refractivity contribution >= 4 is 65.8 Å². The molecule has 2 aromatic carbocycles. The third kappa shape index (κ3) is 3.46. The van der Waals surface area contributed by atoms with Gasteiger partial charge in [-0.3, -0.25) is 0 Å². The summed E-state index contributed by atoms with van der Waals surface area (Å²) in [6.07, 6.45) is 0. The van der Waals surface area contributed by atoms with E-state index in [4.69, 9.17) is 11.6 Å². The Morgan fingerprint density at radius 3 is 2.18 bits per heavy atom. The zero-order chi connectivity index (χ0) is 15.5. The molecule has 0 fully saturated rings. The average Bonchev–Trinajstić information content (AvgIpc) is 3.14. The first-order valence-corrected chi connectivity index (χ1v) is 10.2. The van der Waals surface area contributed by atoms with E-state index in [2.05, 4.69) is 9.97 Å². The van der Waals surface area contributed by atoms with Crippen molar-refractivity contribution in [3.63, 3.8) is 0 Å². The van der Waals surface area contributed by atoms with Crippen LogP contribution in [0.1, 0.15) is 0 Å². The minimum atomic E-state index is -0.402. The number of nitro groups is 1. The van der Waals surface area contributed by atoms with E-state index in [0.717, 1.165) is 20.3 Å². The standard InChI is InChI=1S/C7H4ClNSe.C7H4N2O2Se/c8-5-1-2-7-6(3-5)9-4-10-7;10-9(11)5-1-2-7-6(3-5)8-4-12-7/h1-4H;1-4H. The van der Waals surface area contributed by atoms with Gasteiger partial charge in [-0.2, -0.15) is 0 Å². The number of non-ortho nitro benzene ring substituents is 1. The van der Waals surface area contributed by atoms with Gasteiger partial charge in [0, 0.05) is 0 Å². The van der Waals surface area contributed by atoms with E-state index < -0.39 is 4.92 Å². The molecule has 110 valence electrons. The van der Waals surface area contributed by atoms with Gasteiger partial charge in [0.2, 0.25) is 0 Å². The van der Waals surface area contributed by atoms with Gasteiger partial charge in [0.25, 0.3) is 0 Å². The summed E-state index contributed by atoms with van der Waals surface area (Å²) in [5.74, 6) is 0. The molecule has 0 bridgehead atoms. The predicted octanol–water partition coefficient (Wildman–Crippen LogP) is 3.15. The molecule has 0 saturated carbocycles. The third-order valence-corrected chi connectivity index (χ3v) is 6.45. The quantitative estimate of drug-likeness (QED) is 0.257. The molecule has 0 amide bonds. The summed E-state index contributed by atoms with van der Waals surface area (Å²) in [6, 6.07) is 10.7. The molecule has 2 aromatic heterocycles. The van der Waals surface area contributed by atoms with E-state index >= 15 is 0 Å². The second-order valence-electron chi connectivity index (χ2n) is 4.23. The molecule has 4 aromatic rings. The Labute approximate surface area is 142 Å². The van der Waals surface area contributed by atoms with Crippen LogP contribution in [0.5, 0.6) is 0 Å². The Balaban J connectivity index is 0.000000133. The van der Waals surface area contributed by atoms with Crippen LogP contribution in [0.15, 0.2) is 46.5 Å². The number of aromatic nitrogens is 2. The van der Waals surface area contributed by atoms with E-state index in [0.29, 0.717) is 14.5 Å². The normalized spacial score (nSPS) is 10.4. The zero-order valence-electron chi connectivity index (χ0n) is 11.0. The number of nitrogens with zero attached hydrogens (tertiary/aromatic N) is 3. The van der Waals surface area contributed by atoms with Gasteiger partial charge in [0.05, 0.1) is 0 Å². The molecule has 0 aliphatic rings. The molecule has 2 heterocycles. The van der Waals surface area contributed by atoms with Crippen molar-refractivity contribution in [2.45, 2.75) is 0 Å². The minimum absolute atomic E-state index is 0.114. The summed E-state index contributed by atoms with van der Waals surface area (Å²) in [5.41, 5.74) is 1.92. The van der Waals surface area contributed by atoms with E-state index in [1.165, 1.54) is 16.4 Å². The average molecular weight is 444 g/mol. The molecule has 0 saturated heterocycles. The van der Waals surface area contributed by atoms with Crippen molar-refractivity contribution in [1.29, 1.82) is 0 Å². The monoisotopic (exact) mass is 445 g/mol. The maximum absolute atomic E-state index is 10.4. The second-order valence-corrected chi connectivity index (χ2v) is 8.38. The molecule has 0 aliphatic heterocycles. The summed E-state index contributed by atoms with van der Waals surface area (Å²) in [7, 11) is 0. The predicted molar refractivity (Wildman–Crippen MR) is 89.0 cm³/mol. The fourth-order valence-electron chi connectivity index (χ4n) is 1.79.